The zero-order valence-electron chi connectivity index (χ0n) is 16.2. The number of aromatic nitrogens is 2. The second kappa shape index (κ2) is 7.97. The van der Waals surface area contributed by atoms with Crippen LogP contribution in [-0.2, 0) is 9.59 Å². The van der Waals surface area contributed by atoms with Gasteiger partial charge in [0.1, 0.15) is 5.57 Å². The maximum Gasteiger partial charge on any atom is 0.270 e. The highest BCUT2D eigenvalue weighted by atomic mass is 79.9. The molecule has 4 rings (SSSR count). The summed E-state index contributed by atoms with van der Waals surface area (Å²) in [7, 11) is 0. The van der Waals surface area contributed by atoms with Gasteiger partial charge in [-0.1, -0.05) is 15.9 Å². The van der Waals surface area contributed by atoms with E-state index in [-0.39, 0.29) is 10.7 Å². The Kier molecular flexibility index (Phi) is 5.36. The van der Waals surface area contributed by atoms with E-state index in [9.17, 15) is 9.59 Å². The summed E-state index contributed by atoms with van der Waals surface area (Å²) in [4.78, 5) is 31.3. The van der Waals surface area contributed by atoms with Crippen LogP contribution in [0.4, 0.5) is 5.69 Å². The van der Waals surface area contributed by atoms with Gasteiger partial charge in [0, 0.05) is 22.1 Å². The van der Waals surface area contributed by atoms with Crippen LogP contribution in [0, 0.1) is 13.8 Å². The normalized spacial score (nSPS) is 15.6. The molecule has 150 valence electrons. The number of carbonyl (C=O) groups is 2. The van der Waals surface area contributed by atoms with Crippen LogP contribution in [0.3, 0.4) is 0 Å². The standard InChI is InChI=1S/C22H17BrN4O2S/c1-13-10-15(14(2)26(13)18-4-3-9-24-12-18)11-19-20(28)25-22(30)27(21(19)29)17-7-5-16(23)6-8-17/h3-12H,1-2H3,(H,25,28,30)/b19-11-. The Bertz CT molecular complexity index is 1200. The smallest absolute Gasteiger partial charge is 0.270 e. The van der Waals surface area contributed by atoms with Crippen LogP contribution in [-0.4, -0.2) is 26.5 Å². The monoisotopic (exact) mass is 480 g/mol. The van der Waals surface area contributed by atoms with Crippen molar-refractivity contribution < 1.29 is 9.59 Å². The molecule has 1 fully saturated rings. The number of nitrogens with one attached hydrogen (secondary N) is 1. The van der Waals surface area contributed by atoms with Crippen LogP contribution in [0.5, 0.6) is 0 Å². The molecule has 1 aromatic carbocycles. The van der Waals surface area contributed by atoms with Crippen molar-refractivity contribution in [3.05, 3.63) is 81.9 Å². The molecule has 30 heavy (non-hydrogen) atoms. The van der Waals surface area contributed by atoms with Gasteiger partial charge in [-0.15, -0.1) is 0 Å². The van der Waals surface area contributed by atoms with E-state index in [1.165, 1.54) is 4.90 Å². The van der Waals surface area contributed by atoms with Gasteiger partial charge in [0.15, 0.2) is 5.11 Å². The molecule has 2 aromatic heterocycles. The third-order valence-electron chi connectivity index (χ3n) is 4.86. The van der Waals surface area contributed by atoms with Crippen LogP contribution in [0.2, 0.25) is 0 Å². The lowest BCUT2D eigenvalue weighted by Crippen LogP contribution is -2.54. The van der Waals surface area contributed by atoms with E-state index in [4.69, 9.17) is 12.2 Å². The van der Waals surface area contributed by atoms with Gasteiger partial charge in [-0.05, 0) is 80.2 Å². The van der Waals surface area contributed by atoms with Crippen molar-refractivity contribution in [3.8, 4) is 5.69 Å². The van der Waals surface area contributed by atoms with Crippen molar-refractivity contribution in [2.75, 3.05) is 4.90 Å². The van der Waals surface area contributed by atoms with Gasteiger partial charge in [0.2, 0.25) is 0 Å². The number of rotatable bonds is 3. The molecular weight excluding hydrogens is 464 g/mol. The molecule has 2 amide bonds. The Balaban J connectivity index is 1.76. The number of amides is 2. The molecule has 1 aliphatic heterocycles. The summed E-state index contributed by atoms with van der Waals surface area (Å²) >= 11 is 8.63. The lowest BCUT2D eigenvalue weighted by Gasteiger charge is -2.29. The third kappa shape index (κ3) is 3.59. The molecule has 0 aliphatic carbocycles. The molecule has 0 atom stereocenters. The molecule has 1 aliphatic rings. The molecule has 6 nitrogen and oxygen atoms in total. The number of thiocarbonyl (C=S) groups is 1. The second-order valence-electron chi connectivity index (χ2n) is 6.81. The maximum atomic E-state index is 13.2. The van der Waals surface area contributed by atoms with Crippen molar-refractivity contribution >= 4 is 56.8 Å². The van der Waals surface area contributed by atoms with Crippen molar-refractivity contribution in [1.29, 1.82) is 0 Å². The minimum Gasteiger partial charge on any atom is -0.316 e. The summed E-state index contributed by atoms with van der Waals surface area (Å²) in [5.41, 5.74) is 4.17. The lowest BCUT2D eigenvalue weighted by molar-refractivity contribution is -0.122. The van der Waals surface area contributed by atoms with E-state index in [1.54, 1.807) is 30.6 Å². The maximum absolute atomic E-state index is 13.2. The zero-order chi connectivity index (χ0) is 21.4. The van der Waals surface area contributed by atoms with Gasteiger partial charge in [-0.3, -0.25) is 24.8 Å². The van der Waals surface area contributed by atoms with Crippen molar-refractivity contribution in [3.63, 3.8) is 0 Å². The Morgan fingerprint density at radius 2 is 1.83 bits per heavy atom. The van der Waals surface area contributed by atoms with Crippen molar-refractivity contribution in [1.82, 2.24) is 14.9 Å². The number of halogens is 1. The Labute approximate surface area is 187 Å². The highest BCUT2D eigenvalue weighted by Gasteiger charge is 2.34. The molecule has 0 radical (unpaired) electrons. The molecule has 0 saturated carbocycles. The molecular formula is C22H17BrN4O2S. The van der Waals surface area contributed by atoms with Crippen LogP contribution < -0.4 is 10.2 Å². The topological polar surface area (TPSA) is 67.2 Å². The minimum atomic E-state index is -0.510. The third-order valence-corrected chi connectivity index (χ3v) is 5.67. The first-order valence-electron chi connectivity index (χ1n) is 9.13. The summed E-state index contributed by atoms with van der Waals surface area (Å²) in [6.07, 6.45) is 5.09. The van der Waals surface area contributed by atoms with Crippen LogP contribution in [0.25, 0.3) is 11.8 Å². The number of aryl methyl sites for hydroxylation is 1. The number of hydrogen-bond acceptors (Lipinski definition) is 4. The summed E-state index contributed by atoms with van der Waals surface area (Å²) < 4.78 is 2.91. The number of carbonyl (C=O) groups excluding carboxylic acids is 2. The molecule has 0 bridgehead atoms. The van der Waals surface area contributed by atoms with Gasteiger partial charge < -0.3 is 4.57 Å². The molecule has 1 saturated heterocycles. The second-order valence-corrected chi connectivity index (χ2v) is 8.11. The molecule has 3 aromatic rings. The van der Waals surface area contributed by atoms with Crippen LogP contribution >= 0.6 is 28.1 Å². The average Bonchev–Trinajstić information content (AvgIpc) is 3.00. The summed E-state index contributed by atoms with van der Waals surface area (Å²) in [5, 5.41) is 2.68. The SMILES string of the molecule is Cc1cc(/C=C2/C(=O)NC(=S)N(c3ccc(Br)cc3)C2=O)c(C)n1-c1cccnc1. The molecule has 1 N–H and O–H groups in total. The van der Waals surface area contributed by atoms with E-state index >= 15 is 0 Å². The van der Waals surface area contributed by atoms with Gasteiger partial charge in [-0.2, -0.15) is 0 Å². The summed E-state index contributed by atoms with van der Waals surface area (Å²) in [5.74, 6) is -0.971. The Morgan fingerprint density at radius 1 is 1.10 bits per heavy atom. The van der Waals surface area contributed by atoms with Gasteiger partial charge in [0.05, 0.1) is 17.6 Å². The van der Waals surface area contributed by atoms with E-state index in [1.807, 2.05) is 48.7 Å². The first-order valence-corrected chi connectivity index (χ1v) is 10.3. The van der Waals surface area contributed by atoms with E-state index in [0.29, 0.717) is 5.69 Å². The number of pyridine rings is 1. The lowest BCUT2D eigenvalue weighted by atomic mass is 10.1. The molecule has 3 heterocycles. The Morgan fingerprint density at radius 3 is 2.50 bits per heavy atom. The molecule has 0 unspecified atom stereocenters. The fraction of sp³-hybridized carbons (Fsp3) is 0.0909. The fourth-order valence-corrected chi connectivity index (χ4v) is 4.00. The van der Waals surface area contributed by atoms with Crippen LogP contribution in [0.15, 0.2) is 64.9 Å². The number of nitrogens with zero attached hydrogens (tertiary/aromatic N) is 3. The predicted molar refractivity (Wildman–Crippen MR) is 123 cm³/mol. The predicted octanol–water partition coefficient (Wildman–Crippen LogP) is 4.08. The minimum absolute atomic E-state index is 0.0259. The highest BCUT2D eigenvalue weighted by molar-refractivity contribution is 9.10. The number of anilines is 1. The summed E-state index contributed by atoms with van der Waals surface area (Å²) in [6.45, 7) is 3.91. The molecule has 0 spiro atoms. The van der Waals surface area contributed by atoms with Crippen molar-refractivity contribution in [2.45, 2.75) is 13.8 Å². The van der Waals surface area contributed by atoms with Crippen molar-refractivity contribution in [2.24, 2.45) is 0 Å². The fourth-order valence-electron chi connectivity index (χ4n) is 3.45. The largest absolute Gasteiger partial charge is 0.316 e. The first-order chi connectivity index (χ1) is 14.4. The number of hydrogen-bond donors (Lipinski definition) is 1. The summed E-state index contributed by atoms with van der Waals surface area (Å²) in [6, 6.07) is 12.9. The highest BCUT2D eigenvalue weighted by Crippen LogP contribution is 2.26. The molecule has 8 heteroatoms. The van der Waals surface area contributed by atoms with E-state index < -0.39 is 11.8 Å². The van der Waals surface area contributed by atoms with Crippen LogP contribution in [0.1, 0.15) is 17.0 Å². The van der Waals surface area contributed by atoms with E-state index in [2.05, 4.69) is 26.2 Å². The average molecular weight is 481 g/mol. The van der Waals surface area contributed by atoms with Gasteiger partial charge in [0.25, 0.3) is 11.8 Å². The van der Waals surface area contributed by atoms with Gasteiger partial charge >= 0.3 is 0 Å². The van der Waals surface area contributed by atoms with Gasteiger partial charge in [-0.25, -0.2) is 0 Å². The van der Waals surface area contributed by atoms with E-state index in [0.717, 1.165) is 27.1 Å². The quantitative estimate of drug-likeness (QED) is 0.348. The number of benzene rings is 1. The first kappa shape index (κ1) is 20.2. The zero-order valence-corrected chi connectivity index (χ0v) is 18.6. The Hall–Kier alpha value is -3.10.